The van der Waals surface area contributed by atoms with Crippen molar-refractivity contribution in [2.75, 3.05) is 25.5 Å². The van der Waals surface area contributed by atoms with Crippen LogP contribution >= 0.6 is 11.8 Å². The van der Waals surface area contributed by atoms with Crippen molar-refractivity contribution in [3.8, 4) is 0 Å². The van der Waals surface area contributed by atoms with E-state index in [0.29, 0.717) is 13.0 Å². The molecule has 1 amide bonds. The molecule has 0 spiro atoms. The summed E-state index contributed by atoms with van der Waals surface area (Å²) >= 11 is 1.37. The molecule has 0 unspecified atom stereocenters. The predicted molar refractivity (Wildman–Crippen MR) is 112 cm³/mol. The average Bonchev–Trinajstić information content (AvgIpc) is 2.76. The fraction of sp³-hybridized carbons (Fsp3) is 0.409. The van der Waals surface area contributed by atoms with E-state index in [1.165, 1.54) is 16.7 Å². The van der Waals surface area contributed by atoms with Gasteiger partial charge in [-0.1, -0.05) is 30.3 Å². The highest BCUT2D eigenvalue weighted by atomic mass is 32.2. The monoisotopic (exact) mass is 415 g/mol. The van der Waals surface area contributed by atoms with E-state index < -0.39 is 18.0 Å². The Morgan fingerprint density at radius 3 is 2.66 bits per heavy atom. The molecule has 0 saturated carbocycles. The third-order valence-electron chi connectivity index (χ3n) is 4.82. The molecule has 2 aromatic carbocycles. The molecule has 2 aromatic rings. The fourth-order valence-corrected chi connectivity index (χ4v) is 4.12. The molecule has 3 rings (SSSR count). The molecule has 1 fully saturated rings. The summed E-state index contributed by atoms with van der Waals surface area (Å²) < 4.78 is 10.2. The highest BCUT2D eigenvalue weighted by molar-refractivity contribution is 8.00. The summed E-state index contributed by atoms with van der Waals surface area (Å²) in [6, 6.07) is 13.4. The summed E-state index contributed by atoms with van der Waals surface area (Å²) in [6.45, 7) is 2.14. The van der Waals surface area contributed by atoms with Crippen molar-refractivity contribution in [2.45, 2.75) is 37.1 Å². The molecule has 0 aromatic heterocycles. The maximum Gasteiger partial charge on any atom is 0.328 e. The average molecular weight is 416 g/mol. The lowest BCUT2D eigenvalue weighted by molar-refractivity contribution is -0.160. The first-order chi connectivity index (χ1) is 14.1. The van der Waals surface area contributed by atoms with Crippen molar-refractivity contribution in [1.82, 2.24) is 4.90 Å². The first-order valence-corrected chi connectivity index (χ1v) is 10.8. The van der Waals surface area contributed by atoms with Crippen LogP contribution in [0, 0.1) is 0 Å². The first-order valence-electron chi connectivity index (χ1n) is 9.82. The number of hydrogen-bond acceptors (Lipinski definition) is 6. The Balaban J connectivity index is 1.48. The highest BCUT2D eigenvalue weighted by Crippen LogP contribution is 2.24. The van der Waals surface area contributed by atoms with Crippen LogP contribution in [0.2, 0.25) is 0 Å². The van der Waals surface area contributed by atoms with Crippen molar-refractivity contribution >= 4 is 40.4 Å². The van der Waals surface area contributed by atoms with Gasteiger partial charge in [-0.25, -0.2) is 4.79 Å². The number of ether oxygens (including phenoxy) is 2. The van der Waals surface area contributed by atoms with Crippen LogP contribution in [0.1, 0.15) is 26.2 Å². The van der Waals surface area contributed by atoms with Gasteiger partial charge in [-0.05, 0) is 49.1 Å². The fourth-order valence-electron chi connectivity index (χ4n) is 3.38. The Hall–Kier alpha value is -2.54. The molecule has 7 heteroatoms. The Bertz CT molecular complexity index is 884. The molecule has 1 atom stereocenters. The Morgan fingerprint density at radius 1 is 1.07 bits per heavy atom. The Labute approximate surface area is 174 Å². The second-order valence-electron chi connectivity index (χ2n) is 6.81. The largest absolute Gasteiger partial charge is 0.464 e. The zero-order chi connectivity index (χ0) is 20.6. The van der Waals surface area contributed by atoms with Crippen molar-refractivity contribution < 1.29 is 23.9 Å². The minimum Gasteiger partial charge on any atom is -0.464 e. The number of rotatable bonds is 7. The molecule has 154 valence electrons. The number of esters is 2. The summed E-state index contributed by atoms with van der Waals surface area (Å²) in [7, 11) is 0. The van der Waals surface area contributed by atoms with Crippen molar-refractivity contribution in [1.29, 1.82) is 0 Å². The van der Waals surface area contributed by atoms with Crippen LogP contribution in [0.25, 0.3) is 10.8 Å². The maximum absolute atomic E-state index is 12.5. The minimum atomic E-state index is -0.582. The summed E-state index contributed by atoms with van der Waals surface area (Å²) in [5.41, 5.74) is 0. The molecule has 1 aliphatic heterocycles. The zero-order valence-corrected chi connectivity index (χ0v) is 17.3. The van der Waals surface area contributed by atoms with Gasteiger partial charge < -0.3 is 14.4 Å². The predicted octanol–water partition coefficient (Wildman–Crippen LogP) is 3.42. The normalized spacial score (nSPS) is 16.4. The number of carbonyl (C=O) groups excluding carboxylic acids is 3. The van der Waals surface area contributed by atoms with Gasteiger partial charge in [-0.2, -0.15) is 0 Å². The number of likely N-dealkylation sites (tertiary alicyclic amines) is 1. The topological polar surface area (TPSA) is 72.9 Å². The van der Waals surface area contributed by atoms with E-state index in [-0.39, 0.29) is 24.9 Å². The van der Waals surface area contributed by atoms with Crippen molar-refractivity contribution in [2.24, 2.45) is 0 Å². The lowest BCUT2D eigenvalue weighted by Gasteiger charge is -2.33. The van der Waals surface area contributed by atoms with E-state index >= 15 is 0 Å². The van der Waals surface area contributed by atoms with Crippen LogP contribution < -0.4 is 0 Å². The molecule has 1 saturated heterocycles. The first kappa shape index (κ1) is 21.2. The van der Waals surface area contributed by atoms with E-state index in [0.717, 1.165) is 28.5 Å². The quantitative estimate of drug-likeness (QED) is 0.510. The summed E-state index contributed by atoms with van der Waals surface area (Å²) in [5.74, 6) is -1.08. The number of hydrogen-bond donors (Lipinski definition) is 0. The van der Waals surface area contributed by atoms with Gasteiger partial charge >= 0.3 is 11.9 Å². The van der Waals surface area contributed by atoms with E-state index in [4.69, 9.17) is 9.47 Å². The number of benzene rings is 2. The number of carbonyl (C=O) groups is 3. The highest BCUT2D eigenvalue weighted by Gasteiger charge is 2.33. The Kier molecular flexibility index (Phi) is 7.52. The molecule has 29 heavy (non-hydrogen) atoms. The molecule has 0 aliphatic carbocycles. The van der Waals surface area contributed by atoms with Crippen LogP contribution in [-0.2, 0) is 23.9 Å². The molecule has 0 N–H and O–H groups in total. The van der Waals surface area contributed by atoms with E-state index in [1.54, 1.807) is 6.92 Å². The number of amides is 1. The van der Waals surface area contributed by atoms with E-state index in [1.807, 2.05) is 42.5 Å². The van der Waals surface area contributed by atoms with Crippen LogP contribution in [0.5, 0.6) is 0 Å². The van der Waals surface area contributed by atoms with Gasteiger partial charge in [0.15, 0.2) is 6.61 Å². The second-order valence-corrected chi connectivity index (χ2v) is 7.86. The van der Waals surface area contributed by atoms with Gasteiger partial charge in [0.05, 0.1) is 12.4 Å². The summed E-state index contributed by atoms with van der Waals surface area (Å²) in [4.78, 5) is 39.1. The van der Waals surface area contributed by atoms with Crippen LogP contribution in [-0.4, -0.2) is 54.3 Å². The molecular formula is C22H25NO5S. The van der Waals surface area contributed by atoms with Gasteiger partial charge in [0.2, 0.25) is 0 Å². The van der Waals surface area contributed by atoms with Gasteiger partial charge in [0.1, 0.15) is 6.04 Å². The van der Waals surface area contributed by atoms with Gasteiger partial charge in [-0.15, -0.1) is 11.8 Å². The van der Waals surface area contributed by atoms with E-state index in [9.17, 15) is 14.4 Å². The van der Waals surface area contributed by atoms with Crippen molar-refractivity contribution in [3.63, 3.8) is 0 Å². The van der Waals surface area contributed by atoms with Gasteiger partial charge in [-0.3, -0.25) is 9.59 Å². The standard InChI is InChI=1S/C22H25NO5S/c1-2-27-22(26)19-9-5-6-12-23(19)20(24)14-28-21(25)15-29-18-11-10-16-7-3-4-8-17(16)13-18/h3-4,7-8,10-11,13,19H,2,5-6,9,12,14-15H2,1H3/t19-/m0/s1. The van der Waals surface area contributed by atoms with Crippen LogP contribution in [0.15, 0.2) is 47.4 Å². The zero-order valence-electron chi connectivity index (χ0n) is 16.5. The molecule has 0 radical (unpaired) electrons. The molecule has 6 nitrogen and oxygen atoms in total. The van der Waals surface area contributed by atoms with E-state index in [2.05, 4.69) is 0 Å². The number of fused-ring (bicyclic) bond motifs is 1. The molecule has 0 bridgehead atoms. The van der Waals surface area contributed by atoms with Crippen molar-refractivity contribution in [3.05, 3.63) is 42.5 Å². The second kappa shape index (κ2) is 10.3. The summed E-state index contributed by atoms with van der Waals surface area (Å²) in [6.07, 6.45) is 2.28. The van der Waals surface area contributed by atoms with Gasteiger partial charge in [0.25, 0.3) is 5.91 Å². The van der Waals surface area contributed by atoms with Gasteiger partial charge in [0, 0.05) is 11.4 Å². The molecule has 1 aliphatic rings. The van der Waals surface area contributed by atoms with Crippen LogP contribution in [0.4, 0.5) is 0 Å². The molecule has 1 heterocycles. The number of nitrogens with zero attached hydrogens (tertiary/aromatic N) is 1. The number of piperidine rings is 1. The minimum absolute atomic E-state index is 0.118. The molecular weight excluding hydrogens is 390 g/mol. The summed E-state index contributed by atoms with van der Waals surface area (Å²) in [5, 5.41) is 2.25. The lowest BCUT2D eigenvalue weighted by Crippen LogP contribution is -2.50. The smallest absolute Gasteiger partial charge is 0.328 e. The lowest BCUT2D eigenvalue weighted by atomic mass is 10.0. The third kappa shape index (κ3) is 5.73. The maximum atomic E-state index is 12.5. The number of thioether (sulfide) groups is 1. The Morgan fingerprint density at radius 2 is 1.86 bits per heavy atom. The third-order valence-corrected chi connectivity index (χ3v) is 5.78. The van der Waals surface area contributed by atoms with Crippen LogP contribution in [0.3, 0.4) is 0 Å². The SMILES string of the molecule is CCOC(=O)[C@@H]1CCCCN1C(=O)COC(=O)CSc1ccc2ccccc2c1.